The van der Waals surface area contributed by atoms with Crippen LogP contribution in [0.25, 0.3) is 0 Å². The number of methoxy groups -OCH3 is 2. The zero-order chi connectivity index (χ0) is 21.9. The summed E-state index contributed by atoms with van der Waals surface area (Å²) in [6.45, 7) is 1.88. The summed E-state index contributed by atoms with van der Waals surface area (Å²) in [5.74, 6) is 0.462. The molecule has 158 valence electrons. The van der Waals surface area contributed by atoms with E-state index in [1.54, 1.807) is 37.3 Å². The minimum absolute atomic E-state index is 0.129. The van der Waals surface area contributed by atoms with Crippen LogP contribution in [-0.2, 0) is 12.7 Å². The first kappa shape index (κ1) is 21.2. The van der Waals surface area contributed by atoms with Gasteiger partial charge in [0.1, 0.15) is 17.1 Å². The van der Waals surface area contributed by atoms with Gasteiger partial charge >= 0.3 is 6.18 Å². The summed E-state index contributed by atoms with van der Waals surface area (Å²) in [5.41, 5.74) is 0.615. The quantitative estimate of drug-likeness (QED) is 0.638. The third-order valence-corrected chi connectivity index (χ3v) is 4.46. The smallest absolute Gasteiger partial charge is 0.416 e. The molecule has 3 rings (SSSR count). The SMILES string of the molecule is COc1cccc(OC)c1C(=O)Nc1cc(C)n(Cc2cccc(C(F)(F)F)c2)n1. The Kier molecular flexibility index (Phi) is 6.00. The number of hydrogen-bond donors (Lipinski definition) is 1. The van der Waals surface area contributed by atoms with Crippen LogP contribution in [0.5, 0.6) is 11.5 Å². The van der Waals surface area contributed by atoms with Crippen LogP contribution in [0.2, 0.25) is 0 Å². The van der Waals surface area contributed by atoms with E-state index < -0.39 is 17.6 Å². The molecule has 0 fully saturated rings. The lowest BCUT2D eigenvalue weighted by molar-refractivity contribution is -0.137. The highest BCUT2D eigenvalue weighted by atomic mass is 19.4. The highest BCUT2D eigenvalue weighted by Crippen LogP contribution is 2.30. The maximum Gasteiger partial charge on any atom is 0.416 e. The molecule has 2 aromatic carbocycles. The summed E-state index contributed by atoms with van der Waals surface area (Å²) in [4.78, 5) is 12.8. The van der Waals surface area contributed by atoms with Gasteiger partial charge in [-0.05, 0) is 36.8 Å². The standard InChI is InChI=1S/C21H20F3N3O3/c1-13-10-18(25-20(28)19-16(29-2)8-5-9-17(19)30-3)26-27(13)12-14-6-4-7-15(11-14)21(22,23)24/h4-11H,12H2,1-3H3,(H,25,26,28). The van der Waals surface area contributed by atoms with Crippen LogP contribution in [0.3, 0.4) is 0 Å². The fourth-order valence-electron chi connectivity index (χ4n) is 3.00. The van der Waals surface area contributed by atoms with Crippen molar-refractivity contribution in [1.29, 1.82) is 0 Å². The second-order valence-corrected chi connectivity index (χ2v) is 6.52. The van der Waals surface area contributed by atoms with Crippen LogP contribution in [0.4, 0.5) is 19.0 Å². The van der Waals surface area contributed by atoms with Crippen molar-refractivity contribution in [3.8, 4) is 11.5 Å². The number of carbonyl (C=O) groups is 1. The number of carbonyl (C=O) groups excluding carboxylic acids is 1. The fraction of sp³-hybridized carbons (Fsp3) is 0.238. The minimum atomic E-state index is -4.41. The van der Waals surface area contributed by atoms with Gasteiger partial charge in [0.25, 0.3) is 5.91 Å². The lowest BCUT2D eigenvalue weighted by atomic mass is 10.1. The van der Waals surface area contributed by atoms with Crippen LogP contribution in [0.15, 0.2) is 48.5 Å². The van der Waals surface area contributed by atoms with Crippen LogP contribution in [0.1, 0.15) is 27.2 Å². The maximum atomic E-state index is 12.9. The number of anilines is 1. The molecule has 0 spiro atoms. The Balaban J connectivity index is 1.82. The fourth-order valence-corrected chi connectivity index (χ4v) is 3.00. The molecule has 0 aliphatic heterocycles. The van der Waals surface area contributed by atoms with E-state index in [1.807, 2.05) is 0 Å². The van der Waals surface area contributed by atoms with Gasteiger partial charge in [-0.1, -0.05) is 18.2 Å². The van der Waals surface area contributed by atoms with E-state index in [-0.39, 0.29) is 17.9 Å². The van der Waals surface area contributed by atoms with Crippen LogP contribution < -0.4 is 14.8 Å². The Hall–Kier alpha value is -3.49. The summed E-state index contributed by atoms with van der Waals surface area (Å²) in [7, 11) is 2.89. The second kappa shape index (κ2) is 8.48. The van der Waals surface area contributed by atoms with Gasteiger partial charge in [-0.3, -0.25) is 9.48 Å². The predicted octanol–water partition coefficient (Wildman–Crippen LogP) is 4.53. The van der Waals surface area contributed by atoms with Gasteiger partial charge in [-0.15, -0.1) is 0 Å². The first-order valence-electron chi connectivity index (χ1n) is 8.96. The normalized spacial score (nSPS) is 11.3. The topological polar surface area (TPSA) is 65.4 Å². The molecule has 0 bridgehead atoms. The molecule has 1 heterocycles. The van der Waals surface area contributed by atoms with E-state index >= 15 is 0 Å². The van der Waals surface area contributed by atoms with Gasteiger partial charge in [0.05, 0.1) is 26.3 Å². The number of aryl methyl sites for hydroxylation is 1. The second-order valence-electron chi connectivity index (χ2n) is 6.52. The van der Waals surface area contributed by atoms with Crippen molar-refractivity contribution in [2.45, 2.75) is 19.6 Å². The van der Waals surface area contributed by atoms with Crippen LogP contribution in [0, 0.1) is 6.92 Å². The third kappa shape index (κ3) is 4.56. The van der Waals surface area contributed by atoms with E-state index in [0.717, 1.165) is 12.1 Å². The number of nitrogens with zero attached hydrogens (tertiary/aromatic N) is 2. The van der Waals surface area contributed by atoms with Crippen LogP contribution >= 0.6 is 0 Å². The number of hydrogen-bond acceptors (Lipinski definition) is 4. The van der Waals surface area contributed by atoms with Gasteiger partial charge in [0.15, 0.2) is 5.82 Å². The molecule has 1 amide bonds. The van der Waals surface area contributed by atoms with Crippen molar-refractivity contribution >= 4 is 11.7 Å². The lowest BCUT2D eigenvalue weighted by Crippen LogP contribution is -2.15. The number of benzene rings is 2. The molecule has 3 aromatic rings. The monoisotopic (exact) mass is 419 g/mol. The van der Waals surface area contributed by atoms with Crippen molar-refractivity contribution < 1.29 is 27.4 Å². The molecular weight excluding hydrogens is 399 g/mol. The lowest BCUT2D eigenvalue weighted by Gasteiger charge is -2.12. The van der Waals surface area contributed by atoms with E-state index in [1.165, 1.54) is 25.0 Å². The Bertz CT molecular complexity index is 1040. The summed E-state index contributed by atoms with van der Waals surface area (Å²) >= 11 is 0. The predicted molar refractivity (Wildman–Crippen MR) is 105 cm³/mol. The van der Waals surface area contributed by atoms with E-state index in [0.29, 0.717) is 22.8 Å². The summed E-state index contributed by atoms with van der Waals surface area (Å²) in [5, 5.41) is 6.97. The first-order valence-corrected chi connectivity index (χ1v) is 8.96. The zero-order valence-corrected chi connectivity index (χ0v) is 16.6. The molecule has 0 atom stereocenters. The number of aromatic nitrogens is 2. The molecule has 0 radical (unpaired) electrons. The van der Waals surface area contributed by atoms with Crippen LogP contribution in [-0.4, -0.2) is 29.9 Å². The number of nitrogens with one attached hydrogen (secondary N) is 1. The maximum absolute atomic E-state index is 12.9. The highest BCUT2D eigenvalue weighted by molar-refractivity contribution is 6.07. The van der Waals surface area contributed by atoms with Gasteiger partial charge in [0.2, 0.25) is 0 Å². The largest absolute Gasteiger partial charge is 0.496 e. The van der Waals surface area contributed by atoms with E-state index in [4.69, 9.17) is 9.47 Å². The molecule has 9 heteroatoms. The molecule has 1 aromatic heterocycles. The summed E-state index contributed by atoms with van der Waals surface area (Å²) < 4.78 is 50.8. The Morgan fingerprint density at radius 3 is 2.30 bits per heavy atom. The minimum Gasteiger partial charge on any atom is -0.496 e. The number of amides is 1. The van der Waals surface area contributed by atoms with Crippen molar-refractivity contribution in [3.63, 3.8) is 0 Å². The molecular formula is C21H20F3N3O3. The van der Waals surface area contributed by atoms with Crippen molar-refractivity contribution in [3.05, 3.63) is 70.9 Å². The third-order valence-electron chi connectivity index (χ3n) is 4.46. The first-order chi connectivity index (χ1) is 14.2. The number of halogens is 3. The molecule has 6 nitrogen and oxygen atoms in total. The van der Waals surface area contributed by atoms with Crippen molar-refractivity contribution in [2.75, 3.05) is 19.5 Å². The highest BCUT2D eigenvalue weighted by Gasteiger charge is 2.30. The zero-order valence-electron chi connectivity index (χ0n) is 16.6. The number of alkyl halides is 3. The van der Waals surface area contributed by atoms with Gasteiger partial charge in [-0.25, -0.2) is 0 Å². The van der Waals surface area contributed by atoms with Crippen molar-refractivity contribution in [2.24, 2.45) is 0 Å². The van der Waals surface area contributed by atoms with Gasteiger partial charge < -0.3 is 14.8 Å². The molecule has 0 aliphatic rings. The molecule has 0 saturated carbocycles. The summed E-state index contributed by atoms with van der Waals surface area (Å²) in [6, 6.07) is 11.6. The molecule has 30 heavy (non-hydrogen) atoms. The summed E-state index contributed by atoms with van der Waals surface area (Å²) in [6.07, 6.45) is -4.41. The van der Waals surface area contributed by atoms with Crippen molar-refractivity contribution in [1.82, 2.24) is 9.78 Å². The van der Waals surface area contributed by atoms with Gasteiger partial charge in [0, 0.05) is 11.8 Å². The molecule has 0 unspecified atom stereocenters. The average molecular weight is 419 g/mol. The Morgan fingerprint density at radius 1 is 1.07 bits per heavy atom. The average Bonchev–Trinajstić information content (AvgIpc) is 3.05. The van der Waals surface area contributed by atoms with E-state index in [9.17, 15) is 18.0 Å². The Labute approximate surface area is 171 Å². The molecule has 0 saturated heterocycles. The Morgan fingerprint density at radius 2 is 1.70 bits per heavy atom. The molecule has 1 N–H and O–H groups in total. The van der Waals surface area contributed by atoms with E-state index in [2.05, 4.69) is 10.4 Å². The number of ether oxygens (including phenoxy) is 2. The molecule has 0 aliphatic carbocycles. The van der Waals surface area contributed by atoms with Gasteiger partial charge in [-0.2, -0.15) is 18.3 Å². The number of rotatable bonds is 6.